The highest BCUT2D eigenvalue weighted by atomic mass is 35.5. The number of hydrogen-bond donors (Lipinski definition) is 0. The Morgan fingerprint density at radius 1 is 1.15 bits per heavy atom. The Kier molecular flexibility index (Phi) is 7.48. The highest BCUT2D eigenvalue weighted by Crippen LogP contribution is 2.30. The first-order chi connectivity index (χ1) is 15.8. The normalized spacial score (nSPS) is 10.8. The Bertz CT molecular complexity index is 1340. The first kappa shape index (κ1) is 24.0. The summed E-state index contributed by atoms with van der Waals surface area (Å²) in [6.07, 6.45) is 1.37. The molecule has 0 saturated heterocycles. The third kappa shape index (κ3) is 5.40. The van der Waals surface area contributed by atoms with Crippen molar-refractivity contribution in [3.05, 3.63) is 107 Å². The van der Waals surface area contributed by atoms with Crippen LogP contribution in [0.5, 0.6) is 0 Å². The van der Waals surface area contributed by atoms with Gasteiger partial charge in [-0.25, -0.2) is 17.6 Å². The lowest BCUT2D eigenvalue weighted by molar-refractivity contribution is 0.0472. The Hall–Kier alpha value is -3.67. The highest BCUT2D eigenvalue weighted by Gasteiger charge is 2.28. The molecule has 168 valence electrons. The number of sulfonamides is 1. The summed E-state index contributed by atoms with van der Waals surface area (Å²) in [6.45, 7) is 3.31. The standard InChI is InChI=1S/C24H18ClFN2O4S/c1-2-13-28(21-10-8-20(26)9-11-21)33(30,31)23-14-17(7-12-22(23)25)24(29)32-16-19-6-4-3-5-18(19)15-27/h2-12,14H,1,13,16H2. The zero-order valence-electron chi connectivity index (χ0n) is 17.2. The molecule has 0 aromatic heterocycles. The summed E-state index contributed by atoms with van der Waals surface area (Å²) >= 11 is 6.18. The minimum absolute atomic E-state index is 0.0370. The molecule has 33 heavy (non-hydrogen) atoms. The van der Waals surface area contributed by atoms with Crippen molar-refractivity contribution in [2.24, 2.45) is 0 Å². The SMILES string of the molecule is C=CCN(c1ccc(F)cc1)S(=O)(=O)c1cc(C(=O)OCc2ccccc2C#N)ccc1Cl. The van der Waals surface area contributed by atoms with Crippen LogP contribution in [0.3, 0.4) is 0 Å². The molecule has 0 aliphatic carbocycles. The number of ether oxygens (including phenoxy) is 1. The molecule has 0 bridgehead atoms. The molecule has 0 fully saturated rings. The Balaban J connectivity index is 1.92. The van der Waals surface area contributed by atoms with Gasteiger partial charge in [-0.1, -0.05) is 35.9 Å². The van der Waals surface area contributed by atoms with E-state index in [-0.39, 0.29) is 34.3 Å². The number of anilines is 1. The fraction of sp³-hybridized carbons (Fsp3) is 0.0833. The van der Waals surface area contributed by atoms with Crippen molar-refractivity contribution < 1.29 is 22.3 Å². The van der Waals surface area contributed by atoms with E-state index in [0.717, 1.165) is 22.5 Å². The van der Waals surface area contributed by atoms with E-state index in [2.05, 4.69) is 6.58 Å². The van der Waals surface area contributed by atoms with Crippen LogP contribution in [-0.2, 0) is 21.4 Å². The molecule has 0 N–H and O–H groups in total. The first-order valence-electron chi connectivity index (χ1n) is 9.62. The van der Waals surface area contributed by atoms with Crippen molar-refractivity contribution in [1.29, 1.82) is 5.26 Å². The predicted molar refractivity (Wildman–Crippen MR) is 123 cm³/mol. The van der Waals surface area contributed by atoms with Crippen molar-refractivity contribution in [3.8, 4) is 6.07 Å². The number of nitrogens with zero attached hydrogens (tertiary/aromatic N) is 2. The topological polar surface area (TPSA) is 87.5 Å². The quantitative estimate of drug-likeness (QED) is 0.328. The van der Waals surface area contributed by atoms with Gasteiger partial charge in [0, 0.05) is 5.56 Å². The lowest BCUT2D eigenvalue weighted by atomic mass is 10.1. The number of rotatable bonds is 8. The Morgan fingerprint density at radius 3 is 2.52 bits per heavy atom. The molecule has 0 aliphatic rings. The summed E-state index contributed by atoms with van der Waals surface area (Å²) in [5, 5.41) is 9.06. The van der Waals surface area contributed by atoms with Crippen LogP contribution in [0, 0.1) is 17.1 Å². The smallest absolute Gasteiger partial charge is 0.338 e. The van der Waals surface area contributed by atoms with Gasteiger partial charge in [-0.05, 0) is 48.5 Å². The number of hydrogen-bond acceptors (Lipinski definition) is 5. The number of nitriles is 1. The maximum Gasteiger partial charge on any atom is 0.338 e. The van der Waals surface area contributed by atoms with Gasteiger partial charge in [-0.2, -0.15) is 5.26 Å². The van der Waals surface area contributed by atoms with Crippen LogP contribution >= 0.6 is 11.6 Å². The average Bonchev–Trinajstić information content (AvgIpc) is 2.82. The zero-order valence-corrected chi connectivity index (χ0v) is 18.8. The lowest BCUT2D eigenvalue weighted by Gasteiger charge is -2.24. The minimum atomic E-state index is -4.24. The van der Waals surface area contributed by atoms with Crippen molar-refractivity contribution in [2.75, 3.05) is 10.8 Å². The largest absolute Gasteiger partial charge is 0.457 e. The number of carbonyl (C=O) groups is 1. The third-order valence-electron chi connectivity index (χ3n) is 4.64. The van der Waals surface area contributed by atoms with Crippen LogP contribution in [0.1, 0.15) is 21.5 Å². The summed E-state index contributed by atoms with van der Waals surface area (Å²) in [7, 11) is -4.24. The number of benzene rings is 3. The second kappa shape index (κ2) is 10.3. The minimum Gasteiger partial charge on any atom is -0.457 e. The van der Waals surface area contributed by atoms with Gasteiger partial charge in [-0.3, -0.25) is 4.31 Å². The van der Waals surface area contributed by atoms with E-state index in [0.29, 0.717) is 11.1 Å². The molecule has 9 heteroatoms. The number of halogens is 2. The van der Waals surface area contributed by atoms with Crippen LogP contribution in [0.15, 0.2) is 84.3 Å². The first-order valence-corrected chi connectivity index (χ1v) is 11.4. The summed E-state index contributed by atoms with van der Waals surface area (Å²) in [6, 6.07) is 17.3. The summed E-state index contributed by atoms with van der Waals surface area (Å²) in [4.78, 5) is 12.3. The Morgan fingerprint density at radius 2 is 1.85 bits per heavy atom. The molecule has 0 aliphatic heterocycles. The van der Waals surface area contributed by atoms with Crippen LogP contribution in [0.4, 0.5) is 10.1 Å². The Labute approximate surface area is 196 Å². The van der Waals surface area contributed by atoms with E-state index in [1.807, 2.05) is 6.07 Å². The molecule has 0 saturated carbocycles. The zero-order chi connectivity index (χ0) is 24.0. The molecule has 3 aromatic carbocycles. The molecular formula is C24H18ClFN2O4S. The van der Waals surface area contributed by atoms with Gasteiger partial charge in [0.05, 0.1) is 34.5 Å². The van der Waals surface area contributed by atoms with E-state index < -0.39 is 21.8 Å². The van der Waals surface area contributed by atoms with Gasteiger partial charge in [0.25, 0.3) is 10.0 Å². The van der Waals surface area contributed by atoms with Crippen LogP contribution in [-0.4, -0.2) is 20.9 Å². The molecular weight excluding hydrogens is 467 g/mol. The van der Waals surface area contributed by atoms with Crippen LogP contribution in [0.25, 0.3) is 0 Å². The van der Waals surface area contributed by atoms with Crippen molar-refractivity contribution in [1.82, 2.24) is 0 Å². The molecule has 0 spiro atoms. The molecule has 0 amide bonds. The number of carbonyl (C=O) groups excluding carboxylic acids is 1. The fourth-order valence-electron chi connectivity index (χ4n) is 3.00. The third-order valence-corrected chi connectivity index (χ3v) is 6.92. The van der Waals surface area contributed by atoms with Gasteiger partial charge < -0.3 is 4.74 Å². The maximum absolute atomic E-state index is 13.4. The number of esters is 1. The van der Waals surface area contributed by atoms with Gasteiger partial charge >= 0.3 is 5.97 Å². The van der Waals surface area contributed by atoms with Gasteiger partial charge in [0.15, 0.2) is 0 Å². The van der Waals surface area contributed by atoms with E-state index in [1.165, 1.54) is 30.3 Å². The van der Waals surface area contributed by atoms with Gasteiger partial charge in [0.1, 0.15) is 17.3 Å². The summed E-state index contributed by atoms with van der Waals surface area (Å²) < 4.78 is 46.4. The summed E-state index contributed by atoms with van der Waals surface area (Å²) in [5.74, 6) is -1.30. The second-order valence-corrected chi connectivity index (χ2v) is 9.03. The molecule has 0 atom stereocenters. The van der Waals surface area contributed by atoms with Crippen molar-refractivity contribution >= 4 is 33.3 Å². The van der Waals surface area contributed by atoms with Crippen molar-refractivity contribution in [3.63, 3.8) is 0 Å². The molecule has 3 rings (SSSR count). The lowest BCUT2D eigenvalue weighted by Crippen LogP contribution is -2.31. The van der Waals surface area contributed by atoms with Crippen LogP contribution in [0.2, 0.25) is 5.02 Å². The molecule has 0 radical (unpaired) electrons. The van der Waals surface area contributed by atoms with E-state index >= 15 is 0 Å². The molecule has 3 aromatic rings. The van der Waals surface area contributed by atoms with Gasteiger partial charge in [0.2, 0.25) is 0 Å². The predicted octanol–water partition coefficient (Wildman–Crippen LogP) is 5.09. The maximum atomic E-state index is 13.4. The molecule has 6 nitrogen and oxygen atoms in total. The van der Waals surface area contributed by atoms with Crippen molar-refractivity contribution in [2.45, 2.75) is 11.5 Å². The summed E-state index contributed by atoms with van der Waals surface area (Å²) in [5.41, 5.74) is 1.05. The fourth-order valence-corrected chi connectivity index (χ4v) is 4.93. The average molecular weight is 485 g/mol. The highest BCUT2D eigenvalue weighted by molar-refractivity contribution is 7.93. The second-order valence-electron chi connectivity index (χ2n) is 6.79. The van der Waals surface area contributed by atoms with E-state index in [9.17, 15) is 17.6 Å². The molecule has 0 heterocycles. The van der Waals surface area contributed by atoms with E-state index in [4.69, 9.17) is 21.6 Å². The monoisotopic (exact) mass is 484 g/mol. The van der Waals surface area contributed by atoms with Crippen LogP contribution < -0.4 is 4.31 Å². The molecule has 0 unspecified atom stereocenters. The van der Waals surface area contributed by atoms with E-state index in [1.54, 1.807) is 24.3 Å². The van der Waals surface area contributed by atoms with Gasteiger partial charge in [-0.15, -0.1) is 6.58 Å².